The van der Waals surface area contributed by atoms with Gasteiger partial charge >= 0.3 is 0 Å². The van der Waals surface area contributed by atoms with Crippen LogP contribution in [0.1, 0.15) is 25.8 Å². The van der Waals surface area contributed by atoms with Crippen LogP contribution in [0.5, 0.6) is 11.5 Å². The third kappa shape index (κ3) is 2.65. The van der Waals surface area contributed by atoms with Crippen molar-refractivity contribution in [3.05, 3.63) is 57.7 Å². The highest BCUT2D eigenvalue weighted by Crippen LogP contribution is 2.48. The zero-order chi connectivity index (χ0) is 18.0. The number of nitriles is 1. The first kappa shape index (κ1) is 17.3. The molecule has 2 aliphatic rings. The van der Waals surface area contributed by atoms with E-state index in [1.54, 1.807) is 12.1 Å². The van der Waals surface area contributed by atoms with Gasteiger partial charge in [0.25, 0.3) is 0 Å². The van der Waals surface area contributed by atoms with Gasteiger partial charge in [-0.2, -0.15) is 5.26 Å². The summed E-state index contributed by atoms with van der Waals surface area (Å²) in [5.74, 6) is 0.962. The monoisotopic (exact) mass is 400 g/mol. The van der Waals surface area contributed by atoms with Gasteiger partial charge in [0.1, 0.15) is 5.41 Å². The number of carbonyl (C=O) groups excluding carboxylic acids is 1. The Hall–Kier alpha value is -2.52. The molecular weight excluding hydrogens is 384 g/mol. The molecule has 1 N–H and O–H groups in total. The molecule has 128 valence electrons. The highest BCUT2D eigenvalue weighted by atomic mass is 79.9. The molecule has 0 saturated heterocycles. The quantitative estimate of drug-likeness (QED) is 0.832. The molecule has 0 radical (unpaired) electrons. The number of rotatable bonds is 4. The highest BCUT2D eigenvalue weighted by Gasteiger charge is 2.50. The van der Waals surface area contributed by atoms with Gasteiger partial charge in [-0.05, 0) is 43.2 Å². The van der Waals surface area contributed by atoms with Crippen molar-refractivity contribution in [1.82, 2.24) is 5.32 Å². The molecule has 3 rings (SSSR count). The average Bonchev–Trinajstić information content (AvgIpc) is 3.13. The van der Waals surface area contributed by atoms with Crippen LogP contribution in [0.25, 0.3) is 0 Å². The van der Waals surface area contributed by atoms with E-state index in [9.17, 15) is 10.1 Å². The van der Waals surface area contributed by atoms with Crippen molar-refractivity contribution in [3.8, 4) is 17.6 Å². The number of allylic oxidation sites excluding steroid dienone is 4. The summed E-state index contributed by atoms with van der Waals surface area (Å²) >= 11 is 3.54. The number of halogens is 1. The van der Waals surface area contributed by atoms with Crippen molar-refractivity contribution >= 4 is 21.8 Å². The lowest BCUT2D eigenvalue weighted by atomic mass is 9.72. The molecule has 0 bridgehead atoms. The van der Waals surface area contributed by atoms with Gasteiger partial charge in [0, 0.05) is 10.2 Å². The van der Waals surface area contributed by atoms with Gasteiger partial charge in [0.05, 0.1) is 12.5 Å². The molecule has 0 aromatic heterocycles. The van der Waals surface area contributed by atoms with Crippen molar-refractivity contribution in [3.63, 3.8) is 0 Å². The number of hydrogen-bond acceptors (Lipinski definition) is 4. The Morgan fingerprint density at radius 3 is 2.60 bits per heavy atom. The number of hydrogen-bond donors (Lipinski definition) is 1. The van der Waals surface area contributed by atoms with Gasteiger partial charge in [-0.3, -0.25) is 4.79 Å². The van der Waals surface area contributed by atoms with Crippen LogP contribution in [0, 0.1) is 11.3 Å². The van der Waals surface area contributed by atoms with Crippen LogP contribution in [-0.2, 0) is 10.2 Å². The molecule has 25 heavy (non-hydrogen) atoms. The number of fused-ring (bicyclic) bond motifs is 1. The third-order valence-corrected chi connectivity index (χ3v) is 4.97. The molecule has 6 heteroatoms. The molecule has 5 nitrogen and oxygen atoms in total. The van der Waals surface area contributed by atoms with Crippen molar-refractivity contribution in [1.29, 1.82) is 5.26 Å². The van der Waals surface area contributed by atoms with Crippen LogP contribution in [-0.4, -0.2) is 12.7 Å². The second kappa shape index (κ2) is 6.77. The summed E-state index contributed by atoms with van der Waals surface area (Å²) < 4.78 is 11.6. The molecule has 0 aliphatic carbocycles. The van der Waals surface area contributed by atoms with Gasteiger partial charge in [-0.1, -0.05) is 34.2 Å². The predicted molar refractivity (Wildman–Crippen MR) is 97.0 cm³/mol. The average molecular weight is 401 g/mol. The number of ether oxygens (including phenoxy) is 2. The summed E-state index contributed by atoms with van der Waals surface area (Å²) in [6, 6.07) is 5.75. The Kier molecular flexibility index (Phi) is 4.69. The molecule has 1 atom stereocenters. The first-order chi connectivity index (χ1) is 12.1. The second-order valence-electron chi connectivity index (χ2n) is 5.71. The number of amides is 1. The summed E-state index contributed by atoms with van der Waals surface area (Å²) in [7, 11) is 0. The van der Waals surface area contributed by atoms with E-state index in [1.807, 2.05) is 38.2 Å². The number of nitrogens with one attached hydrogen (secondary N) is 1. The summed E-state index contributed by atoms with van der Waals surface area (Å²) in [5.41, 5.74) is 1.03. The largest absolute Gasteiger partial charge is 0.454 e. The van der Waals surface area contributed by atoms with Crippen molar-refractivity contribution in [2.45, 2.75) is 25.7 Å². The van der Waals surface area contributed by atoms with E-state index in [4.69, 9.17) is 9.47 Å². The molecule has 1 unspecified atom stereocenters. The molecule has 2 heterocycles. The second-order valence-corrected chi connectivity index (χ2v) is 6.56. The van der Waals surface area contributed by atoms with E-state index < -0.39 is 5.41 Å². The van der Waals surface area contributed by atoms with Crippen LogP contribution in [0.4, 0.5) is 0 Å². The van der Waals surface area contributed by atoms with Crippen LogP contribution in [0.3, 0.4) is 0 Å². The standard InChI is InChI=1S/C19H17BrN2O3/c1-3-5-12-15(6-4-2)22-18(23)19(12,7-8-21)13-9-16-17(10-14(13)20)25-11-24-16/h3-6,9-10H,7,11H2,1-2H3,(H,22,23)/b5-3-,6-4-. The van der Waals surface area contributed by atoms with Crippen LogP contribution in [0.2, 0.25) is 0 Å². The molecule has 1 aromatic carbocycles. The summed E-state index contributed by atoms with van der Waals surface area (Å²) in [6.45, 7) is 3.91. The maximum Gasteiger partial charge on any atom is 0.240 e. The molecule has 0 spiro atoms. The van der Waals surface area contributed by atoms with E-state index in [1.165, 1.54) is 0 Å². The van der Waals surface area contributed by atoms with E-state index in [-0.39, 0.29) is 19.1 Å². The maximum atomic E-state index is 13.0. The van der Waals surface area contributed by atoms with E-state index in [0.717, 1.165) is 5.57 Å². The molecule has 0 fully saturated rings. The normalized spacial score (nSPS) is 22.1. The zero-order valence-electron chi connectivity index (χ0n) is 13.9. The fraction of sp³-hybridized carbons (Fsp3) is 0.263. The molecule has 1 amide bonds. The van der Waals surface area contributed by atoms with Gasteiger partial charge in [0.15, 0.2) is 11.5 Å². The lowest BCUT2D eigenvalue weighted by Crippen LogP contribution is -2.38. The summed E-state index contributed by atoms with van der Waals surface area (Å²) in [4.78, 5) is 13.0. The van der Waals surface area contributed by atoms with Crippen molar-refractivity contribution in [2.75, 3.05) is 6.79 Å². The van der Waals surface area contributed by atoms with Crippen LogP contribution >= 0.6 is 15.9 Å². The van der Waals surface area contributed by atoms with E-state index in [0.29, 0.717) is 27.2 Å². The minimum Gasteiger partial charge on any atom is -0.454 e. The lowest BCUT2D eigenvalue weighted by molar-refractivity contribution is -0.123. The van der Waals surface area contributed by atoms with E-state index >= 15 is 0 Å². The Bertz CT molecular complexity index is 864. The number of nitrogens with zero attached hydrogens (tertiary/aromatic N) is 1. The Morgan fingerprint density at radius 2 is 1.96 bits per heavy atom. The molecule has 2 aliphatic heterocycles. The Labute approximate surface area is 154 Å². The smallest absolute Gasteiger partial charge is 0.240 e. The molecule has 0 saturated carbocycles. The summed E-state index contributed by atoms with van der Waals surface area (Å²) in [5, 5.41) is 12.4. The van der Waals surface area contributed by atoms with Crippen LogP contribution in [0.15, 0.2) is 52.2 Å². The fourth-order valence-electron chi connectivity index (χ4n) is 3.25. The first-order valence-electron chi connectivity index (χ1n) is 7.86. The molecule has 1 aromatic rings. The van der Waals surface area contributed by atoms with Crippen LogP contribution < -0.4 is 14.8 Å². The Balaban J connectivity index is 2.30. The fourth-order valence-corrected chi connectivity index (χ4v) is 3.91. The first-order valence-corrected chi connectivity index (χ1v) is 8.66. The van der Waals surface area contributed by atoms with Crippen molar-refractivity contribution < 1.29 is 14.3 Å². The third-order valence-electron chi connectivity index (χ3n) is 4.32. The molecular formula is C19H17BrN2O3. The van der Waals surface area contributed by atoms with Gasteiger partial charge < -0.3 is 14.8 Å². The SMILES string of the molecule is C/C=C\C1=C(/C=C\C)C(CC#N)(c2cc3c(cc2Br)OCO3)C(=O)N1. The lowest BCUT2D eigenvalue weighted by Gasteiger charge is -2.28. The summed E-state index contributed by atoms with van der Waals surface area (Å²) in [6.07, 6.45) is 7.45. The van der Waals surface area contributed by atoms with Crippen molar-refractivity contribution in [2.24, 2.45) is 0 Å². The number of carbonyl (C=O) groups is 1. The minimum absolute atomic E-state index is 0.0117. The van der Waals surface area contributed by atoms with Gasteiger partial charge in [-0.15, -0.1) is 0 Å². The highest BCUT2D eigenvalue weighted by molar-refractivity contribution is 9.10. The van der Waals surface area contributed by atoms with E-state index in [2.05, 4.69) is 27.3 Å². The van der Waals surface area contributed by atoms with Gasteiger partial charge in [0.2, 0.25) is 12.7 Å². The zero-order valence-corrected chi connectivity index (χ0v) is 15.5. The Morgan fingerprint density at radius 1 is 1.28 bits per heavy atom. The number of benzene rings is 1. The maximum absolute atomic E-state index is 13.0. The predicted octanol–water partition coefficient (Wildman–Crippen LogP) is 3.87. The minimum atomic E-state index is -1.12. The van der Waals surface area contributed by atoms with Gasteiger partial charge in [-0.25, -0.2) is 0 Å². The topological polar surface area (TPSA) is 71.3 Å².